The number of aromatic nitrogens is 3. The summed E-state index contributed by atoms with van der Waals surface area (Å²) in [6, 6.07) is 8.25. The first-order valence-electron chi connectivity index (χ1n) is 6.08. The fraction of sp³-hybridized carbons (Fsp3) is 0. The van der Waals surface area contributed by atoms with Gasteiger partial charge < -0.3 is 14.8 Å². The van der Waals surface area contributed by atoms with Crippen LogP contribution in [0.3, 0.4) is 0 Å². The topological polar surface area (TPSA) is 96.6 Å². The SMILES string of the molecule is O=C(Nc1ncccc1C(=O)O)c1cn2ccccc2n1. The van der Waals surface area contributed by atoms with Gasteiger partial charge in [-0.15, -0.1) is 0 Å². The van der Waals surface area contributed by atoms with Crippen molar-refractivity contribution in [1.29, 1.82) is 0 Å². The van der Waals surface area contributed by atoms with Crippen LogP contribution < -0.4 is 5.32 Å². The Morgan fingerprint density at radius 1 is 1.19 bits per heavy atom. The summed E-state index contributed by atoms with van der Waals surface area (Å²) in [4.78, 5) is 31.2. The number of carbonyl (C=O) groups is 2. The number of nitrogens with zero attached hydrogens (tertiary/aromatic N) is 3. The van der Waals surface area contributed by atoms with Crippen molar-refractivity contribution in [3.8, 4) is 0 Å². The molecule has 0 aromatic carbocycles. The van der Waals surface area contributed by atoms with E-state index in [2.05, 4.69) is 15.3 Å². The molecule has 3 rings (SSSR count). The van der Waals surface area contributed by atoms with Crippen LogP contribution in [0.2, 0.25) is 0 Å². The highest BCUT2D eigenvalue weighted by Gasteiger charge is 2.16. The smallest absolute Gasteiger partial charge is 0.339 e. The lowest BCUT2D eigenvalue weighted by molar-refractivity contribution is 0.0697. The summed E-state index contributed by atoms with van der Waals surface area (Å²) in [5, 5.41) is 11.5. The number of aromatic carboxylic acids is 1. The molecule has 0 saturated heterocycles. The van der Waals surface area contributed by atoms with Crippen LogP contribution in [0.1, 0.15) is 20.8 Å². The van der Waals surface area contributed by atoms with Gasteiger partial charge in [0.2, 0.25) is 0 Å². The summed E-state index contributed by atoms with van der Waals surface area (Å²) in [5.41, 5.74) is 0.736. The summed E-state index contributed by atoms with van der Waals surface area (Å²) in [5.74, 6) is -1.68. The van der Waals surface area contributed by atoms with E-state index in [9.17, 15) is 9.59 Å². The maximum atomic E-state index is 12.1. The lowest BCUT2D eigenvalue weighted by Crippen LogP contribution is -2.16. The van der Waals surface area contributed by atoms with E-state index in [0.717, 1.165) is 0 Å². The first-order chi connectivity index (χ1) is 10.1. The second-order valence-electron chi connectivity index (χ2n) is 4.25. The van der Waals surface area contributed by atoms with Gasteiger partial charge in [-0.05, 0) is 24.3 Å². The maximum absolute atomic E-state index is 12.1. The van der Waals surface area contributed by atoms with Gasteiger partial charge in [0.25, 0.3) is 5.91 Å². The third kappa shape index (κ3) is 2.44. The van der Waals surface area contributed by atoms with E-state index in [1.165, 1.54) is 18.3 Å². The van der Waals surface area contributed by atoms with E-state index in [0.29, 0.717) is 5.65 Å². The molecule has 1 amide bonds. The zero-order valence-electron chi connectivity index (χ0n) is 10.7. The molecule has 0 atom stereocenters. The molecule has 3 heterocycles. The minimum Gasteiger partial charge on any atom is -0.478 e. The lowest BCUT2D eigenvalue weighted by atomic mass is 10.2. The van der Waals surface area contributed by atoms with Crippen LogP contribution in [-0.2, 0) is 0 Å². The van der Waals surface area contributed by atoms with Crippen molar-refractivity contribution in [2.75, 3.05) is 5.32 Å². The number of nitrogens with one attached hydrogen (secondary N) is 1. The molecule has 0 bridgehead atoms. The summed E-state index contributed by atoms with van der Waals surface area (Å²) in [6.07, 6.45) is 4.74. The molecule has 3 aromatic heterocycles. The van der Waals surface area contributed by atoms with Crippen molar-refractivity contribution < 1.29 is 14.7 Å². The highest BCUT2D eigenvalue weighted by atomic mass is 16.4. The molecule has 0 radical (unpaired) electrons. The minimum absolute atomic E-state index is 0.00736. The number of amides is 1. The molecule has 0 unspecified atom stereocenters. The van der Waals surface area contributed by atoms with Crippen molar-refractivity contribution in [2.24, 2.45) is 0 Å². The fourth-order valence-electron chi connectivity index (χ4n) is 1.89. The Morgan fingerprint density at radius 3 is 2.81 bits per heavy atom. The molecule has 0 aliphatic heterocycles. The van der Waals surface area contributed by atoms with Crippen LogP contribution in [0, 0.1) is 0 Å². The average Bonchev–Trinajstić information content (AvgIpc) is 2.91. The van der Waals surface area contributed by atoms with Crippen LogP contribution in [0.5, 0.6) is 0 Å². The van der Waals surface area contributed by atoms with Gasteiger partial charge in [-0.25, -0.2) is 14.8 Å². The standard InChI is InChI=1S/C14H10N4O3/c19-13(10-8-18-7-2-1-5-11(18)16-10)17-12-9(14(20)21)4-3-6-15-12/h1-8H,(H,20,21)(H,15,17,19). The zero-order valence-corrected chi connectivity index (χ0v) is 10.7. The van der Waals surface area contributed by atoms with E-state index < -0.39 is 11.9 Å². The Hall–Kier alpha value is -3.22. The molecule has 104 valence electrons. The zero-order chi connectivity index (χ0) is 14.8. The van der Waals surface area contributed by atoms with Gasteiger partial charge in [-0.3, -0.25) is 4.79 Å². The molecule has 0 aliphatic rings. The van der Waals surface area contributed by atoms with Crippen LogP contribution in [0.4, 0.5) is 5.82 Å². The molecule has 3 aromatic rings. The molecular weight excluding hydrogens is 272 g/mol. The van der Waals surface area contributed by atoms with Crippen molar-refractivity contribution in [3.05, 3.63) is 60.2 Å². The quantitative estimate of drug-likeness (QED) is 0.761. The molecule has 7 nitrogen and oxygen atoms in total. The highest BCUT2D eigenvalue weighted by Crippen LogP contribution is 2.13. The number of fused-ring (bicyclic) bond motifs is 1. The monoisotopic (exact) mass is 282 g/mol. The first-order valence-corrected chi connectivity index (χ1v) is 6.08. The number of carbonyl (C=O) groups excluding carboxylic acids is 1. The van der Waals surface area contributed by atoms with Gasteiger partial charge in [0, 0.05) is 18.6 Å². The van der Waals surface area contributed by atoms with Crippen molar-refractivity contribution >= 4 is 23.3 Å². The summed E-state index contributed by atoms with van der Waals surface area (Å²) >= 11 is 0. The minimum atomic E-state index is -1.16. The van der Waals surface area contributed by atoms with Gasteiger partial charge in [0.05, 0.1) is 0 Å². The van der Waals surface area contributed by atoms with Gasteiger partial charge in [0.15, 0.2) is 0 Å². The Labute approximate surface area is 118 Å². The fourth-order valence-corrected chi connectivity index (χ4v) is 1.89. The Kier molecular flexibility index (Phi) is 3.07. The van der Waals surface area contributed by atoms with Crippen molar-refractivity contribution in [2.45, 2.75) is 0 Å². The lowest BCUT2D eigenvalue weighted by Gasteiger charge is -2.05. The third-order valence-corrected chi connectivity index (χ3v) is 2.87. The summed E-state index contributed by atoms with van der Waals surface area (Å²) < 4.78 is 1.70. The van der Waals surface area contributed by atoms with E-state index in [1.54, 1.807) is 22.9 Å². The average molecular weight is 282 g/mol. The number of anilines is 1. The third-order valence-electron chi connectivity index (χ3n) is 2.87. The Bertz CT molecular complexity index is 808. The number of carboxylic acid groups (broad SMARTS) is 1. The summed E-state index contributed by atoms with van der Waals surface area (Å²) in [7, 11) is 0. The number of rotatable bonds is 3. The number of hydrogen-bond donors (Lipinski definition) is 2. The highest BCUT2D eigenvalue weighted by molar-refractivity contribution is 6.06. The molecule has 0 fully saturated rings. The maximum Gasteiger partial charge on any atom is 0.339 e. The Morgan fingerprint density at radius 2 is 2.05 bits per heavy atom. The number of carboxylic acids is 1. The van der Waals surface area contributed by atoms with Gasteiger partial charge in [-0.2, -0.15) is 0 Å². The van der Waals surface area contributed by atoms with E-state index >= 15 is 0 Å². The second-order valence-corrected chi connectivity index (χ2v) is 4.25. The van der Waals surface area contributed by atoms with Crippen LogP contribution in [0.15, 0.2) is 48.9 Å². The molecule has 21 heavy (non-hydrogen) atoms. The molecular formula is C14H10N4O3. The molecule has 7 heteroatoms. The molecule has 0 saturated carbocycles. The predicted octanol–water partition coefficient (Wildman–Crippen LogP) is 1.68. The van der Waals surface area contributed by atoms with Crippen LogP contribution in [-0.4, -0.2) is 31.4 Å². The predicted molar refractivity (Wildman–Crippen MR) is 74.3 cm³/mol. The number of hydrogen-bond acceptors (Lipinski definition) is 4. The van der Waals surface area contributed by atoms with Crippen LogP contribution >= 0.6 is 0 Å². The second kappa shape index (κ2) is 5.04. The molecule has 2 N–H and O–H groups in total. The molecule has 0 aliphatic carbocycles. The first kappa shape index (κ1) is 12.8. The van der Waals surface area contributed by atoms with E-state index in [4.69, 9.17) is 5.11 Å². The number of imidazole rings is 1. The van der Waals surface area contributed by atoms with Gasteiger partial charge in [0.1, 0.15) is 22.7 Å². The Balaban J connectivity index is 1.91. The van der Waals surface area contributed by atoms with E-state index in [1.807, 2.05) is 12.1 Å². The largest absolute Gasteiger partial charge is 0.478 e. The van der Waals surface area contributed by atoms with Crippen molar-refractivity contribution in [3.63, 3.8) is 0 Å². The number of pyridine rings is 2. The molecule has 0 spiro atoms. The van der Waals surface area contributed by atoms with Gasteiger partial charge >= 0.3 is 5.97 Å². The van der Waals surface area contributed by atoms with Crippen LogP contribution in [0.25, 0.3) is 5.65 Å². The summed E-state index contributed by atoms with van der Waals surface area (Å²) in [6.45, 7) is 0. The normalized spacial score (nSPS) is 10.5. The van der Waals surface area contributed by atoms with Crippen molar-refractivity contribution in [1.82, 2.24) is 14.4 Å². The van der Waals surface area contributed by atoms with E-state index in [-0.39, 0.29) is 17.1 Å². The van der Waals surface area contributed by atoms with Gasteiger partial charge in [-0.1, -0.05) is 6.07 Å².